The molecule has 1 aromatic rings. The van der Waals surface area contributed by atoms with Gasteiger partial charge in [-0.25, -0.2) is 0 Å². The predicted molar refractivity (Wildman–Crippen MR) is 76.2 cm³/mol. The number of ether oxygens (including phenoxy) is 1. The van der Waals surface area contributed by atoms with Gasteiger partial charge >= 0.3 is 0 Å². The normalized spacial score (nSPS) is 18.2. The van der Waals surface area contributed by atoms with Crippen LogP contribution in [0, 0.1) is 0 Å². The highest BCUT2D eigenvalue weighted by molar-refractivity contribution is 5.42. The molecular weight excluding hydrogens is 222 g/mol. The van der Waals surface area contributed by atoms with Crippen molar-refractivity contribution in [1.29, 1.82) is 0 Å². The van der Waals surface area contributed by atoms with Crippen molar-refractivity contribution in [3.05, 3.63) is 29.3 Å². The second-order valence-electron chi connectivity index (χ2n) is 5.82. The molecule has 1 N–H and O–H groups in total. The van der Waals surface area contributed by atoms with Crippen molar-refractivity contribution in [3.8, 4) is 5.75 Å². The van der Waals surface area contributed by atoms with Crippen LogP contribution in [0.4, 0.5) is 0 Å². The maximum absolute atomic E-state index is 5.92. The summed E-state index contributed by atoms with van der Waals surface area (Å²) in [7, 11) is 0. The van der Waals surface area contributed by atoms with Crippen LogP contribution < -0.4 is 10.1 Å². The Morgan fingerprint density at radius 3 is 2.78 bits per heavy atom. The zero-order valence-corrected chi connectivity index (χ0v) is 12.0. The van der Waals surface area contributed by atoms with Gasteiger partial charge in [-0.05, 0) is 50.4 Å². The van der Waals surface area contributed by atoms with Crippen LogP contribution in [0.2, 0.25) is 0 Å². The lowest BCUT2D eigenvalue weighted by molar-refractivity contribution is 0.138. The maximum Gasteiger partial charge on any atom is 0.123 e. The molecule has 18 heavy (non-hydrogen) atoms. The van der Waals surface area contributed by atoms with Crippen molar-refractivity contribution in [3.63, 3.8) is 0 Å². The molecule has 0 amide bonds. The van der Waals surface area contributed by atoms with E-state index in [2.05, 4.69) is 51.2 Å². The smallest absolute Gasteiger partial charge is 0.123 e. The topological polar surface area (TPSA) is 21.3 Å². The Morgan fingerprint density at radius 1 is 1.33 bits per heavy atom. The van der Waals surface area contributed by atoms with Gasteiger partial charge in [-0.1, -0.05) is 26.0 Å². The second kappa shape index (κ2) is 5.31. The van der Waals surface area contributed by atoms with Gasteiger partial charge in [0, 0.05) is 12.5 Å². The predicted octanol–water partition coefficient (Wildman–Crippen LogP) is 3.85. The number of benzene rings is 1. The highest BCUT2D eigenvalue weighted by Gasteiger charge is 2.30. The fourth-order valence-electron chi connectivity index (χ4n) is 2.66. The van der Waals surface area contributed by atoms with E-state index in [9.17, 15) is 0 Å². The van der Waals surface area contributed by atoms with Crippen molar-refractivity contribution in [2.45, 2.75) is 58.6 Å². The Labute approximate surface area is 111 Å². The Hall–Kier alpha value is -1.02. The van der Waals surface area contributed by atoms with Gasteiger partial charge in [0.15, 0.2) is 0 Å². The maximum atomic E-state index is 5.92. The molecule has 0 spiro atoms. The van der Waals surface area contributed by atoms with Crippen LogP contribution in [-0.4, -0.2) is 12.1 Å². The molecule has 1 unspecified atom stereocenters. The summed E-state index contributed by atoms with van der Waals surface area (Å²) in [5.41, 5.74) is 2.71. The summed E-state index contributed by atoms with van der Waals surface area (Å²) < 4.78 is 5.92. The number of hydrogen-bond donors (Lipinski definition) is 1. The van der Waals surface area contributed by atoms with Gasteiger partial charge in [-0.2, -0.15) is 0 Å². The summed E-state index contributed by atoms with van der Waals surface area (Å²) in [5, 5.41) is 3.61. The summed E-state index contributed by atoms with van der Waals surface area (Å²) in [6, 6.07) is 7.13. The minimum atomic E-state index is -0.0421. The molecule has 2 nitrogen and oxygen atoms in total. The molecule has 0 fully saturated rings. The number of rotatable bonds is 5. The van der Waals surface area contributed by atoms with Gasteiger partial charge in [0.2, 0.25) is 0 Å². The average Bonchev–Trinajstić information content (AvgIpc) is 2.63. The molecule has 2 rings (SSSR count). The van der Waals surface area contributed by atoms with Crippen LogP contribution in [0.15, 0.2) is 18.2 Å². The van der Waals surface area contributed by atoms with Gasteiger partial charge in [-0.3, -0.25) is 0 Å². The summed E-state index contributed by atoms with van der Waals surface area (Å²) in [6.45, 7) is 9.83. The van der Waals surface area contributed by atoms with Crippen molar-refractivity contribution in [1.82, 2.24) is 5.32 Å². The quantitative estimate of drug-likeness (QED) is 0.853. The molecule has 1 aromatic carbocycles. The first kappa shape index (κ1) is 13.4. The van der Waals surface area contributed by atoms with Crippen LogP contribution in [0.1, 0.15) is 57.7 Å². The van der Waals surface area contributed by atoms with E-state index in [1.54, 1.807) is 0 Å². The van der Waals surface area contributed by atoms with E-state index >= 15 is 0 Å². The van der Waals surface area contributed by atoms with Gasteiger partial charge in [0.1, 0.15) is 11.4 Å². The summed E-state index contributed by atoms with van der Waals surface area (Å²) in [4.78, 5) is 0. The lowest BCUT2D eigenvalue weighted by Crippen LogP contribution is -2.24. The van der Waals surface area contributed by atoms with Gasteiger partial charge in [0.05, 0.1) is 0 Å². The molecule has 1 atom stereocenters. The number of fused-ring (bicyclic) bond motifs is 1. The highest BCUT2D eigenvalue weighted by atomic mass is 16.5. The molecule has 0 saturated carbocycles. The zero-order chi connectivity index (χ0) is 13.2. The fourth-order valence-corrected chi connectivity index (χ4v) is 2.66. The lowest BCUT2D eigenvalue weighted by atomic mass is 9.97. The van der Waals surface area contributed by atoms with Gasteiger partial charge in [-0.15, -0.1) is 0 Å². The van der Waals surface area contributed by atoms with E-state index in [-0.39, 0.29) is 5.60 Å². The third-order valence-electron chi connectivity index (χ3n) is 3.54. The first-order valence-electron chi connectivity index (χ1n) is 7.11. The van der Waals surface area contributed by atoms with Crippen molar-refractivity contribution < 1.29 is 4.74 Å². The second-order valence-corrected chi connectivity index (χ2v) is 5.82. The first-order chi connectivity index (χ1) is 8.55. The Kier molecular flexibility index (Phi) is 3.96. The number of hydrogen-bond acceptors (Lipinski definition) is 2. The standard InChI is InChI=1S/C16H25NO/c1-5-9-17-14(6-2)12-7-8-15-13(10-12)11-16(3,4)18-15/h7-8,10,14,17H,5-6,9,11H2,1-4H3. The summed E-state index contributed by atoms with van der Waals surface area (Å²) >= 11 is 0. The Balaban J connectivity index is 2.16. The van der Waals surface area contributed by atoms with E-state index in [1.807, 2.05) is 0 Å². The highest BCUT2D eigenvalue weighted by Crippen LogP contribution is 2.36. The molecule has 0 aliphatic carbocycles. The lowest BCUT2D eigenvalue weighted by Gasteiger charge is -2.17. The van der Waals surface area contributed by atoms with Crippen LogP contribution >= 0.6 is 0 Å². The van der Waals surface area contributed by atoms with Crippen molar-refractivity contribution in [2.24, 2.45) is 0 Å². The molecule has 2 heteroatoms. The molecule has 100 valence electrons. The minimum absolute atomic E-state index is 0.0421. The average molecular weight is 247 g/mol. The van der Waals surface area contributed by atoms with Crippen molar-refractivity contribution >= 4 is 0 Å². The molecule has 1 heterocycles. The zero-order valence-electron chi connectivity index (χ0n) is 12.0. The SMILES string of the molecule is CCCNC(CC)c1ccc2c(c1)CC(C)(C)O2. The van der Waals surface area contributed by atoms with Crippen LogP contribution in [0.25, 0.3) is 0 Å². The summed E-state index contributed by atoms with van der Waals surface area (Å²) in [6.07, 6.45) is 3.32. The van der Waals surface area contributed by atoms with Crippen LogP contribution in [0.5, 0.6) is 5.75 Å². The largest absolute Gasteiger partial charge is 0.487 e. The molecule has 0 bridgehead atoms. The molecule has 1 aliphatic rings. The van der Waals surface area contributed by atoms with E-state index in [4.69, 9.17) is 4.74 Å². The minimum Gasteiger partial charge on any atom is -0.487 e. The first-order valence-corrected chi connectivity index (χ1v) is 7.11. The van der Waals surface area contributed by atoms with Crippen LogP contribution in [-0.2, 0) is 6.42 Å². The molecule has 0 radical (unpaired) electrons. The third kappa shape index (κ3) is 2.86. The molecule has 0 aromatic heterocycles. The van der Waals surface area contributed by atoms with Crippen LogP contribution in [0.3, 0.4) is 0 Å². The molecular formula is C16H25NO. The van der Waals surface area contributed by atoms with Gasteiger partial charge < -0.3 is 10.1 Å². The molecule has 1 aliphatic heterocycles. The fraction of sp³-hybridized carbons (Fsp3) is 0.625. The summed E-state index contributed by atoms with van der Waals surface area (Å²) in [5.74, 6) is 1.06. The van der Waals surface area contributed by atoms with E-state index in [0.717, 1.165) is 25.1 Å². The van der Waals surface area contributed by atoms with Gasteiger partial charge in [0.25, 0.3) is 0 Å². The monoisotopic (exact) mass is 247 g/mol. The van der Waals surface area contributed by atoms with Crippen molar-refractivity contribution in [2.75, 3.05) is 6.54 Å². The van der Waals surface area contributed by atoms with E-state index in [1.165, 1.54) is 17.5 Å². The third-order valence-corrected chi connectivity index (χ3v) is 3.54. The Morgan fingerprint density at radius 2 is 2.11 bits per heavy atom. The number of nitrogens with one attached hydrogen (secondary N) is 1. The Bertz CT molecular complexity index is 412. The van der Waals surface area contributed by atoms with E-state index in [0.29, 0.717) is 6.04 Å². The molecule has 0 saturated heterocycles. The van der Waals surface area contributed by atoms with E-state index < -0.39 is 0 Å².